The number of carbonyl (C=O) groups is 1. The fraction of sp³-hybridized carbons (Fsp3) is 0.100. The van der Waals surface area contributed by atoms with E-state index in [1.165, 1.54) is 0 Å². The molecule has 0 amide bonds. The number of carbonyl (C=O) groups excluding carboxylic acids is 1. The highest BCUT2D eigenvalue weighted by Gasteiger charge is 2.13. The maximum Gasteiger partial charge on any atom is 0.343 e. The molecule has 0 saturated carbocycles. The SMILES string of the molecule is Cc1nc2ccc(C(=O)Oc3cccc4cccnc34)cc2nc1C. The Bertz CT molecular complexity index is 1120. The number of esters is 1. The van der Waals surface area contributed by atoms with Gasteiger partial charge in [-0.15, -0.1) is 0 Å². The summed E-state index contributed by atoms with van der Waals surface area (Å²) in [6.07, 6.45) is 1.68. The lowest BCUT2D eigenvalue weighted by molar-refractivity contribution is 0.0737. The Balaban J connectivity index is 1.71. The first-order valence-corrected chi connectivity index (χ1v) is 7.93. The van der Waals surface area contributed by atoms with Crippen LogP contribution in [0.4, 0.5) is 0 Å². The molecule has 4 rings (SSSR count). The Morgan fingerprint density at radius 1 is 0.920 bits per heavy atom. The van der Waals surface area contributed by atoms with Gasteiger partial charge in [-0.25, -0.2) is 14.8 Å². The van der Waals surface area contributed by atoms with Crippen LogP contribution in [0.3, 0.4) is 0 Å². The normalized spacial score (nSPS) is 11.0. The maximum atomic E-state index is 12.6. The number of aromatic nitrogens is 3. The molecule has 2 aromatic heterocycles. The number of hydrogen-bond donors (Lipinski definition) is 0. The zero-order valence-corrected chi connectivity index (χ0v) is 13.9. The van der Waals surface area contributed by atoms with E-state index < -0.39 is 5.97 Å². The second kappa shape index (κ2) is 5.94. The van der Waals surface area contributed by atoms with Gasteiger partial charge in [-0.1, -0.05) is 18.2 Å². The molecular weight excluding hydrogens is 314 g/mol. The van der Waals surface area contributed by atoms with Crippen molar-refractivity contribution >= 4 is 27.9 Å². The van der Waals surface area contributed by atoms with Crippen LogP contribution in [0.5, 0.6) is 5.75 Å². The molecule has 2 aromatic carbocycles. The average molecular weight is 329 g/mol. The van der Waals surface area contributed by atoms with Crippen molar-refractivity contribution in [1.82, 2.24) is 15.0 Å². The predicted molar refractivity (Wildman–Crippen MR) is 95.7 cm³/mol. The topological polar surface area (TPSA) is 65.0 Å². The molecule has 25 heavy (non-hydrogen) atoms. The Kier molecular flexibility index (Phi) is 3.61. The van der Waals surface area contributed by atoms with Crippen molar-refractivity contribution in [2.45, 2.75) is 13.8 Å². The Morgan fingerprint density at radius 2 is 1.68 bits per heavy atom. The molecule has 0 atom stereocenters. The summed E-state index contributed by atoms with van der Waals surface area (Å²) in [5, 5.41) is 0.920. The van der Waals surface area contributed by atoms with Crippen molar-refractivity contribution in [3.05, 3.63) is 71.7 Å². The Labute approximate surface area is 144 Å². The van der Waals surface area contributed by atoms with Crippen molar-refractivity contribution in [3.8, 4) is 5.75 Å². The van der Waals surface area contributed by atoms with Crippen molar-refractivity contribution in [3.63, 3.8) is 0 Å². The maximum absolute atomic E-state index is 12.6. The molecule has 0 aliphatic rings. The highest BCUT2D eigenvalue weighted by atomic mass is 16.5. The lowest BCUT2D eigenvalue weighted by Gasteiger charge is -2.08. The summed E-state index contributed by atoms with van der Waals surface area (Å²) in [4.78, 5) is 25.8. The van der Waals surface area contributed by atoms with Crippen molar-refractivity contribution in [1.29, 1.82) is 0 Å². The number of rotatable bonds is 2. The van der Waals surface area contributed by atoms with Crippen LogP contribution < -0.4 is 4.74 Å². The number of ether oxygens (including phenoxy) is 1. The number of hydrogen-bond acceptors (Lipinski definition) is 5. The van der Waals surface area contributed by atoms with Crippen LogP contribution in [0.25, 0.3) is 21.9 Å². The summed E-state index contributed by atoms with van der Waals surface area (Å²) in [7, 11) is 0. The zero-order valence-electron chi connectivity index (χ0n) is 13.9. The van der Waals surface area contributed by atoms with Gasteiger partial charge in [0, 0.05) is 11.6 Å². The number of nitrogens with zero attached hydrogens (tertiary/aromatic N) is 3. The quantitative estimate of drug-likeness (QED) is 0.410. The number of benzene rings is 2. The van der Waals surface area contributed by atoms with E-state index in [-0.39, 0.29) is 0 Å². The second-order valence-electron chi connectivity index (χ2n) is 5.82. The van der Waals surface area contributed by atoms with Gasteiger partial charge >= 0.3 is 5.97 Å². The fourth-order valence-electron chi connectivity index (χ4n) is 2.68. The molecule has 4 aromatic rings. The highest BCUT2D eigenvalue weighted by Crippen LogP contribution is 2.24. The third-order valence-electron chi connectivity index (χ3n) is 4.11. The Morgan fingerprint density at radius 3 is 2.52 bits per heavy atom. The lowest BCUT2D eigenvalue weighted by atomic mass is 10.1. The molecular formula is C20H15N3O2. The molecule has 0 saturated heterocycles. The van der Waals surface area contributed by atoms with E-state index in [2.05, 4.69) is 15.0 Å². The largest absolute Gasteiger partial charge is 0.421 e. The van der Waals surface area contributed by atoms with Gasteiger partial charge in [-0.2, -0.15) is 0 Å². The van der Waals surface area contributed by atoms with Crippen LogP contribution in [-0.2, 0) is 0 Å². The van der Waals surface area contributed by atoms with Crippen LogP contribution in [0.2, 0.25) is 0 Å². The summed E-state index contributed by atoms with van der Waals surface area (Å²) >= 11 is 0. The lowest BCUT2D eigenvalue weighted by Crippen LogP contribution is -2.09. The first-order valence-electron chi connectivity index (χ1n) is 7.93. The van der Waals surface area contributed by atoms with E-state index in [0.717, 1.165) is 22.3 Å². The molecule has 0 N–H and O–H groups in total. The third kappa shape index (κ3) is 2.80. The molecule has 5 nitrogen and oxygen atoms in total. The molecule has 122 valence electrons. The van der Waals surface area contributed by atoms with E-state index in [9.17, 15) is 4.79 Å². The standard InChI is InChI=1S/C20H15N3O2/c1-12-13(2)23-17-11-15(8-9-16(17)22-12)20(24)25-18-7-3-5-14-6-4-10-21-19(14)18/h3-11H,1-2H3. The van der Waals surface area contributed by atoms with E-state index in [1.54, 1.807) is 30.5 Å². The summed E-state index contributed by atoms with van der Waals surface area (Å²) in [5.41, 5.74) is 4.24. The van der Waals surface area contributed by atoms with Gasteiger partial charge in [-0.3, -0.25) is 4.98 Å². The molecule has 0 bridgehead atoms. The third-order valence-corrected chi connectivity index (χ3v) is 4.11. The van der Waals surface area contributed by atoms with Gasteiger partial charge in [0.2, 0.25) is 0 Å². The van der Waals surface area contributed by atoms with E-state index >= 15 is 0 Å². The summed E-state index contributed by atoms with van der Waals surface area (Å²) < 4.78 is 5.57. The molecule has 0 aliphatic heterocycles. The predicted octanol–water partition coefficient (Wildman–Crippen LogP) is 4.01. The average Bonchev–Trinajstić information content (AvgIpc) is 2.62. The van der Waals surface area contributed by atoms with E-state index in [1.807, 2.05) is 38.1 Å². The van der Waals surface area contributed by atoms with E-state index in [0.29, 0.717) is 22.3 Å². The minimum absolute atomic E-state index is 0.429. The van der Waals surface area contributed by atoms with Crippen molar-refractivity contribution < 1.29 is 9.53 Å². The number of pyridine rings is 1. The smallest absolute Gasteiger partial charge is 0.343 e. The van der Waals surface area contributed by atoms with Gasteiger partial charge in [-0.05, 0) is 44.2 Å². The minimum atomic E-state index is -0.444. The zero-order chi connectivity index (χ0) is 17.4. The van der Waals surface area contributed by atoms with Crippen molar-refractivity contribution in [2.24, 2.45) is 0 Å². The summed E-state index contributed by atoms with van der Waals surface area (Å²) in [5.74, 6) is -0.00514. The molecule has 5 heteroatoms. The molecule has 0 spiro atoms. The number of para-hydroxylation sites is 1. The summed E-state index contributed by atoms with van der Waals surface area (Å²) in [6.45, 7) is 3.81. The van der Waals surface area contributed by atoms with Crippen LogP contribution in [0.15, 0.2) is 54.7 Å². The molecule has 0 fully saturated rings. The van der Waals surface area contributed by atoms with Gasteiger partial charge < -0.3 is 4.74 Å². The molecule has 2 heterocycles. The second-order valence-corrected chi connectivity index (χ2v) is 5.82. The highest BCUT2D eigenvalue weighted by molar-refractivity contribution is 5.96. The number of fused-ring (bicyclic) bond motifs is 2. The monoisotopic (exact) mass is 329 g/mol. The molecule has 0 unspecified atom stereocenters. The minimum Gasteiger partial charge on any atom is -0.421 e. The van der Waals surface area contributed by atoms with Crippen LogP contribution in [0.1, 0.15) is 21.7 Å². The van der Waals surface area contributed by atoms with Gasteiger partial charge in [0.25, 0.3) is 0 Å². The molecule has 0 aliphatic carbocycles. The molecule has 0 radical (unpaired) electrons. The first-order chi connectivity index (χ1) is 12.1. The Hall–Kier alpha value is -3.34. The number of aryl methyl sites for hydroxylation is 2. The van der Waals surface area contributed by atoms with Gasteiger partial charge in [0.15, 0.2) is 5.75 Å². The summed E-state index contributed by atoms with van der Waals surface area (Å²) in [6, 6.07) is 14.5. The fourth-order valence-corrected chi connectivity index (χ4v) is 2.68. The first kappa shape index (κ1) is 15.2. The van der Waals surface area contributed by atoms with Crippen LogP contribution >= 0.6 is 0 Å². The van der Waals surface area contributed by atoms with Gasteiger partial charge in [0.05, 0.1) is 28.0 Å². The van der Waals surface area contributed by atoms with Gasteiger partial charge in [0.1, 0.15) is 5.52 Å². The van der Waals surface area contributed by atoms with Crippen LogP contribution in [-0.4, -0.2) is 20.9 Å². The van der Waals surface area contributed by atoms with Crippen LogP contribution in [0, 0.1) is 13.8 Å². The van der Waals surface area contributed by atoms with E-state index in [4.69, 9.17) is 4.74 Å². The van der Waals surface area contributed by atoms with Crippen molar-refractivity contribution in [2.75, 3.05) is 0 Å².